The van der Waals surface area contributed by atoms with Gasteiger partial charge < -0.3 is 10.2 Å². The summed E-state index contributed by atoms with van der Waals surface area (Å²) in [4.78, 5) is 25.8. The van der Waals surface area contributed by atoms with Crippen molar-refractivity contribution < 1.29 is 4.79 Å². The average molecular weight is 554 g/mol. The molecule has 1 N–H and O–H groups in total. The minimum Gasteiger partial charge on any atom is -0.362 e. The van der Waals surface area contributed by atoms with Crippen LogP contribution in [0.4, 0.5) is 10.1 Å². The number of nitrogens with zero attached hydrogens (tertiary/aromatic N) is 6. The zero-order chi connectivity index (χ0) is 28.7. The Bertz CT molecular complexity index is 1190. The number of rotatable bonds is 14. The molecule has 214 valence electrons. The molecule has 0 aliphatic carbocycles. The van der Waals surface area contributed by atoms with Crippen LogP contribution in [0.5, 0.6) is 0 Å². The first-order chi connectivity index (χ1) is 18.6. The maximum absolute atomic E-state index is 13.3. The maximum atomic E-state index is 13.3. The number of fused-ring (bicyclic) bond motifs is 1. The van der Waals surface area contributed by atoms with E-state index in [4.69, 9.17) is 9.97 Å². The molecule has 0 fully saturated rings. The van der Waals surface area contributed by atoms with Gasteiger partial charge in [0, 0.05) is 24.4 Å². The Hall–Kier alpha value is -2.73. The van der Waals surface area contributed by atoms with Crippen molar-refractivity contribution in [2.24, 2.45) is 0 Å². The van der Waals surface area contributed by atoms with Crippen LogP contribution in [0.15, 0.2) is 11.1 Å². The van der Waals surface area contributed by atoms with Crippen LogP contribution in [0.1, 0.15) is 141 Å². The van der Waals surface area contributed by atoms with Crippen LogP contribution >= 0.6 is 11.3 Å². The van der Waals surface area contributed by atoms with Gasteiger partial charge in [-0.25, -0.2) is 9.97 Å². The van der Waals surface area contributed by atoms with E-state index in [1.165, 1.54) is 4.68 Å². The first-order valence-electron chi connectivity index (χ1n) is 14.8. The molecule has 0 saturated carbocycles. The molecule has 1 aliphatic heterocycles. The van der Waals surface area contributed by atoms with Crippen molar-refractivity contribution in [3.8, 4) is 6.07 Å². The number of carbonyl (C=O) groups is 1. The summed E-state index contributed by atoms with van der Waals surface area (Å²) in [6.45, 7) is 19.1. The van der Waals surface area contributed by atoms with Crippen molar-refractivity contribution in [3.63, 3.8) is 0 Å². The Morgan fingerprint density at radius 1 is 1.08 bits per heavy atom. The highest BCUT2D eigenvalue weighted by molar-refractivity contribution is 7.19. The molecule has 8 nitrogen and oxygen atoms in total. The average Bonchev–Trinajstić information content (AvgIpc) is 3.53. The van der Waals surface area contributed by atoms with E-state index in [-0.39, 0.29) is 16.9 Å². The summed E-state index contributed by atoms with van der Waals surface area (Å²) in [6.07, 6.45) is 8.60. The summed E-state index contributed by atoms with van der Waals surface area (Å²) in [7, 11) is 0. The third-order valence-electron chi connectivity index (χ3n) is 7.45. The molecule has 3 rings (SSSR count). The predicted molar refractivity (Wildman–Crippen MR) is 161 cm³/mol. The second-order valence-corrected chi connectivity index (χ2v) is 12.6. The Morgan fingerprint density at radius 2 is 1.72 bits per heavy atom. The highest BCUT2D eigenvalue weighted by Gasteiger charge is 2.37. The van der Waals surface area contributed by atoms with Gasteiger partial charge in [-0.1, -0.05) is 85.5 Å². The van der Waals surface area contributed by atoms with Gasteiger partial charge in [0.15, 0.2) is 16.8 Å². The molecule has 9 heteroatoms. The summed E-state index contributed by atoms with van der Waals surface area (Å²) in [5.41, 5.74) is 1.61. The van der Waals surface area contributed by atoms with Crippen molar-refractivity contribution in [3.05, 3.63) is 28.5 Å². The highest BCUT2D eigenvalue weighted by Crippen LogP contribution is 2.42. The first-order valence-corrected chi connectivity index (χ1v) is 15.6. The van der Waals surface area contributed by atoms with Crippen LogP contribution in [-0.4, -0.2) is 38.7 Å². The van der Waals surface area contributed by atoms with Gasteiger partial charge in [-0.05, 0) is 38.2 Å². The molecule has 1 aliphatic rings. The number of hydrogen-bond acceptors (Lipinski definition) is 8. The predicted octanol–water partition coefficient (Wildman–Crippen LogP) is 7.77. The molecule has 2 aromatic rings. The van der Waals surface area contributed by atoms with E-state index in [0.29, 0.717) is 17.2 Å². The van der Waals surface area contributed by atoms with Crippen molar-refractivity contribution in [1.29, 1.82) is 5.26 Å². The molecule has 2 atom stereocenters. The quantitative estimate of drug-likeness (QED) is 0.255. The van der Waals surface area contributed by atoms with Gasteiger partial charge in [0.2, 0.25) is 0 Å². The number of hydrogen-bond donors (Lipinski definition) is 1. The van der Waals surface area contributed by atoms with Crippen LogP contribution in [0.2, 0.25) is 0 Å². The first kappa shape index (κ1) is 30.8. The lowest BCUT2D eigenvalue weighted by atomic mass is 9.92. The third kappa shape index (κ3) is 6.89. The van der Waals surface area contributed by atoms with Crippen LogP contribution < -0.4 is 10.2 Å². The van der Waals surface area contributed by atoms with Crippen molar-refractivity contribution in [2.45, 2.75) is 124 Å². The van der Waals surface area contributed by atoms with Crippen LogP contribution in [0, 0.1) is 11.3 Å². The lowest BCUT2D eigenvalue weighted by Crippen LogP contribution is -2.30. The topological polar surface area (TPSA) is 99.7 Å². The van der Waals surface area contributed by atoms with E-state index in [1.807, 2.05) is 6.92 Å². The van der Waals surface area contributed by atoms with Crippen molar-refractivity contribution in [2.75, 3.05) is 23.3 Å². The van der Waals surface area contributed by atoms with Crippen LogP contribution in [-0.2, 0) is 5.41 Å². The lowest BCUT2D eigenvalue weighted by Gasteiger charge is -2.26. The SMILES string of the molecule is CCCCC(CC)c1nc2n(n1)C(=O)C(C#N)=C(C)C2Nc1sc(N(CCCC)CCCC)nc1C(C)(C)C. The Labute approximate surface area is 238 Å². The fourth-order valence-corrected chi connectivity index (χ4v) is 6.18. The van der Waals surface area contributed by atoms with E-state index < -0.39 is 11.9 Å². The molecule has 0 bridgehead atoms. The fraction of sp³-hybridized carbons (Fsp3) is 0.700. The van der Waals surface area contributed by atoms with Crippen LogP contribution in [0.25, 0.3) is 0 Å². The summed E-state index contributed by atoms with van der Waals surface area (Å²) >= 11 is 1.66. The molecule has 0 spiro atoms. The minimum atomic E-state index is -0.434. The molecule has 0 radical (unpaired) electrons. The summed E-state index contributed by atoms with van der Waals surface area (Å²) in [5.74, 6) is 1.05. The summed E-state index contributed by atoms with van der Waals surface area (Å²) < 4.78 is 1.36. The maximum Gasteiger partial charge on any atom is 0.290 e. The number of nitriles is 1. The van der Waals surface area contributed by atoms with Crippen LogP contribution in [0.3, 0.4) is 0 Å². The molecule has 2 aromatic heterocycles. The Morgan fingerprint density at radius 3 is 2.26 bits per heavy atom. The number of anilines is 2. The molecule has 39 heavy (non-hydrogen) atoms. The fourth-order valence-electron chi connectivity index (χ4n) is 4.92. The highest BCUT2D eigenvalue weighted by atomic mass is 32.1. The molecule has 0 aromatic carbocycles. The zero-order valence-corrected chi connectivity index (χ0v) is 26.0. The molecule has 0 saturated heterocycles. The van der Waals surface area contributed by atoms with E-state index in [0.717, 1.165) is 80.3 Å². The normalized spacial score (nSPS) is 16.3. The zero-order valence-electron chi connectivity index (χ0n) is 25.2. The van der Waals surface area contributed by atoms with Gasteiger partial charge in [0.25, 0.3) is 5.91 Å². The van der Waals surface area contributed by atoms with E-state index in [2.05, 4.69) is 69.9 Å². The molecular weight excluding hydrogens is 506 g/mol. The Balaban J connectivity index is 2.08. The third-order valence-corrected chi connectivity index (χ3v) is 8.50. The van der Waals surface area contributed by atoms with Gasteiger partial charge in [-0.15, -0.1) is 5.10 Å². The van der Waals surface area contributed by atoms with Crippen molar-refractivity contribution in [1.82, 2.24) is 19.7 Å². The standard InChI is InChI=1S/C30H47N7OS/c1-9-13-16-21(12-4)25-34-26-23(20(5)22(19-31)28(38)37(26)35-25)32-27-24(30(6,7)8)33-29(39-27)36(17-14-10-2)18-15-11-3/h21,23,32H,9-18H2,1-8H3. The van der Waals surface area contributed by atoms with Gasteiger partial charge in [-0.3, -0.25) is 4.79 Å². The lowest BCUT2D eigenvalue weighted by molar-refractivity contribution is 0.0933. The number of thiazole rings is 1. The number of nitrogens with one attached hydrogen (secondary N) is 1. The monoisotopic (exact) mass is 553 g/mol. The smallest absolute Gasteiger partial charge is 0.290 e. The van der Waals surface area contributed by atoms with Crippen molar-refractivity contribution >= 4 is 27.4 Å². The largest absolute Gasteiger partial charge is 0.362 e. The van der Waals surface area contributed by atoms with Gasteiger partial charge >= 0.3 is 0 Å². The van der Waals surface area contributed by atoms with Gasteiger partial charge in [0.1, 0.15) is 22.7 Å². The van der Waals surface area contributed by atoms with E-state index >= 15 is 0 Å². The summed E-state index contributed by atoms with van der Waals surface area (Å²) in [6, 6.07) is 1.71. The molecular formula is C30H47N7OS. The van der Waals surface area contributed by atoms with E-state index in [1.54, 1.807) is 11.3 Å². The second-order valence-electron chi connectivity index (χ2n) is 11.7. The second kappa shape index (κ2) is 13.6. The minimum absolute atomic E-state index is 0.132. The number of carbonyl (C=O) groups excluding carboxylic acids is 1. The van der Waals surface area contributed by atoms with Gasteiger partial charge in [-0.2, -0.15) is 9.94 Å². The summed E-state index contributed by atoms with van der Waals surface area (Å²) in [5, 5.41) is 20.2. The number of aromatic nitrogens is 4. The Kier molecular flexibility index (Phi) is 10.7. The number of allylic oxidation sites excluding steroid dienone is 1. The van der Waals surface area contributed by atoms with E-state index in [9.17, 15) is 10.1 Å². The number of unbranched alkanes of at least 4 members (excludes halogenated alkanes) is 3. The molecule has 3 heterocycles. The molecule has 2 unspecified atom stereocenters. The van der Waals surface area contributed by atoms with Gasteiger partial charge in [0.05, 0.1) is 5.69 Å². The molecule has 0 amide bonds.